The van der Waals surface area contributed by atoms with Crippen molar-refractivity contribution in [2.75, 3.05) is 33.4 Å². The molecule has 0 aromatic carbocycles. The molecular formula is C10H21NO2. The molecule has 13 heavy (non-hydrogen) atoms. The second kappa shape index (κ2) is 5.58. The van der Waals surface area contributed by atoms with Crippen molar-refractivity contribution in [3.63, 3.8) is 0 Å². The van der Waals surface area contributed by atoms with E-state index in [2.05, 4.69) is 11.9 Å². The van der Waals surface area contributed by atoms with Gasteiger partial charge < -0.3 is 14.7 Å². The lowest BCUT2D eigenvalue weighted by Crippen LogP contribution is -2.38. The van der Waals surface area contributed by atoms with E-state index in [1.54, 1.807) is 0 Å². The molecule has 3 heteroatoms. The van der Waals surface area contributed by atoms with Crippen molar-refractivity contribution in [1.29, 1.82) is 0 Å². The molecule has 0 spiro atoms. The molecule has 0 aromatic rings. The van der Waals surface area contributed by atoms with E-state index in [9.17, 15) is 0 Å². The zero-order valence-corrected chi connectivity index (χ0v) is 8.70. The molecule has 1 saturated carbocycles. The van der Waals surface area contributed by atoms with Gasteiger partial charge in [-0.05, 0) is 32.7 Å². The monoisotopic (exact) mass is 187 g/mol. The zero-order chi connectivity index (χ0) is 9.68. The summed E-state index contributed by atoms with van der Waals surface area (Å²) in [5.41, 5.74) is 0. The Morgan fingerprint density at radius 2 is 2.15 bits per heavy atom. The first kappa shape index (κ1) is 11.0. The lowest BCUT2D eigenvalue weighted by atomic mass is 9.82. The minimum Gasteiger partial charge on any atom is -0.393 e. The van der Waals surface area contributed by atoms with Crippen LogP contribution in [0.25, 0.3) is 0 Å². The van der Waals surface area contributed by atoms with E-state index < -0.39 is 0 Å². The lowest BCUT2D eigenvalue weighted by molar-refractivity contribution is 0.0237. The van der Waals surface area contributed by atoms with Gasteiger partial charge in [0.2, 0.25) is 0 Å². The van der Waals surface area contributed by atoms with Crippen molar-refractivity contribution in [1.82, 2.24) is 4.90 Å². The van der Waals surface area contributed by atoms with Gasteiger partial charge in [0, 0.05) is 19.7 Å². The topological polar surface area (TPSA) is 32.7 Å². The number of rotatable bonds is 6. The third-order valence-corrected chi connectivity index (χ3v) is 2.60. The predicted octanol–water partition coefficient (Wildman–Crippen LogP) is 0.726. The van der Waals surface area contributed by atoms with Crippen LogP contribution in [0.1, 0.15) is 19.8 Å². The molecular weight excluding hydrogens is 166 g/mol. The number of hydrogen-bond acceptors (Lipinski definition) is 3. The second-order valence-corrected chi connectivity index (χ2v) is 3.95. The van der Waals surface area contributed by atoms with Gasteiger partial charge in [0.1, 0.15) is 0 Å². The molecule has 0 amide bonds. The average Bonchev–Trinajstić information content (AvgIpc) is 2.02. The highest BCUT2D eigenvalue weighted by molar-refractivity contribution is 4.80. The van der Waals surface area contributed by atoms with Crippen molar-refractivity contribution in [3.05, 3.63) is 0 Å². The number of aliphatic hydroxyl groups excluding tert-OH is 1. The molecule has 0 bridgehead atoms. The van der Waals surface area contributed by atoms with Crippen LogP contribution in [0.2, 0.25) is 0 Å². The number of likely N-dealkylation sites (N-methyl/N-ethyl adjacent to an activating group) is 1. The van der Waals surface area contributed by atoms with Crippen LogP contribution >= 0.6 is 0 Å². The molecule has 0 unspecified atom stereocenters. The van der Waals surface area contributed by atoms with Crippen molar-refractivity contribution >= 4 is 0 Å². The summed E-state index contributed by atoms with van der Waals surface area (Å²) >= 11 is 0. The van der Waals surface area contributed by atoms with Gasteiger partial charge in [-0.1, -0.05) is 0 Å². The molecule has 0 radical (unpaired) electrons. The van der Waals surface area contributed by atoms with Gasteiger partial charge in [0.15, 0.2) is 0 Å². The zero-order valence-electron chi connectivity index (χ0n) is 8.70. The largest absolute Gasteiger partial charge is 0.393 e. The summed E-state index contributed by atoms with van der Waals surface area (Å²) < 4.78 is 5.27. The van der Waals surface area contributed by atoms with Gasteiger partial charge in [-0.2, -0.15) is 0 Å². The maximum Gasteiger partial charge on any atom is 0.0593 e. The van der Waals surface area contributed by atoms with Crippen LogP contribution in [0.4, 0.5) is 0 Å². The van der Waals surface area contributed by atoms with Gasteiger partial charge in [0.25, 0.3) is 0 Å². The Hall–Kier alpha value is -0.120. The molecule has 1 N–H and O–H groups in total. The molecule has 0 atom stereocenters. The Labute approximate surface area is 80.7 Å². The van der Waals surface area contributed by atoms with E-state index in [0.717, 1.165) is 39.1 Å². The van der Waals surface area contributed by atoms with Gasteiger partial charge in [0.05, 0.1) is 12.7 Å². The van der Waals surface area contributed by atoms with Gasteiger partial charge >= 0.3 is 0 Å². The minimum atomic E-state index is -0.0229. The molecule has 1 aliphatic rings. The third-order valence-electron chi connectivity index (χ3n) is 2.60. The molecule has 0 aliphatic heterocycles. The number of hydrogen-bond donors (Lipinski definition) is 1. The van der Waals surface area contributed by atoms with E-state index in [-0.39, 0.29) is 6.10 Å². The fourth-order valence-corrected chi connectivity index (χ4v) is 1.75. The Kier molecular flexibility index (Phi) is 4.70. The Morgan fingerprint density at radius 3 is 2.69 bits per heavy atom. The molecule has 78 valence electrons. The van der Waals surface area contributed by atoms with Crippen LogP contribution in [0.3, 0.4) is 0 Å². The van der Waals surface area contributed by atoms with Crippen LogP contribution < -0.4 is 0 Å². The highest BCUT2D eigenvalue weighted by Crippen LogP contribution is 2.27. The van der Waals surface area contributed by atoms with Crippen LogP contribution in [-0.2, 0) is 4.74 Å². The first-order valence-electron chi connectivity index (χ1n) is 5.16. The molecule has 0 aromatic heterocycles. The number of ether oxygens (including phenoxy) is 1. The maximum absolute atomic E-state index is 9.10. The van der Waals surface area contributed by atoms with E-state index >= 15 is 0 Å². The summed E-state index contributed by atoms with van der Waals surface area (Å²) in [6.45, 7) is 5.74. The number of nitrogens with zero attached hydrogens (tertiary/aromatic N) is 1. The molecule has 1 rings (SSSR count). The second-order valence-electron chi connectivity index (χ2n) is 3.95. The standard InChI is InChI=1S/C10H21NO2/c1-3-13-5-4-11(2)8-9-6-10(12)7-9/h9-10,12H,3-8H2,1-2H3. The van der Waals surface area contributed by atoms with Crippen molar-refractivity contribution in [3.8, 4) is 0 Å². The van der Waals surface area contributed by atoms with Gasteiger partial charge in [-0.25, -0.2) is 0 Å². The van der Waals surface area contributed by atoms with Crippen LogP contribution in [0.5, 0.6) is 0 Å². The van der Waals surface area contributed by atoms with Crippen molar-refractivity contribution in [2.24, 2.45) is 5.92 Å². The third kappa shape index (κ3) is 4.07. The SMILES string of the molecule is CCOCCN(C)CC1CC(O)C1. The van der Waals surface area contributed by atoms with Crippen LogP contribution in [0.15, 0.2) is 0 Å². The normalized spacial score (nSPS) is 27.7. The van der Waals surface area contributed by atoms with Crippen molar-refractivity contribution < 1.29 is 9.84 Å². The lowest BCUT2D eigenvalue weighted by Gasteiger charge is -2.34. The highest BCUT2D eigenvalue weighted by atomic mass is 16.5. The summed E-state index contributed by atoms with van der Waals surface area (Å²) in [6, 6.07) is 0. The summed E-state index contributed by atoms with van der Waals surface area (Å²) in [4.78, 5) is 2.28. The van der Waals surface area contributed by atoms with E-state index in [1.165, 1.54) is 0 Å². The quantitative estimate of drug-likeness (QED) is 0.622. The molecule has 0 saturated heterocycles. The first-order valence-corrected chi connectivity index (χ1v) is 5.16. The van der Waals surface area contributed by atoms with E-state index in [0.29, 0.717) is 5.92 Å². The fraction of sp³-hybridized carbons (Fsp3) is 1.00. The maximum atomic E-state index is 9.10. The Balaban J connectivity index is 1.95. The number of aliphatic hydroxyl groups is 1. The summed E-state index contributed by atoms with van der Waals surface area (Å²) in [5, 5.41) is 9.10. The molecule has 0 heterocycles. The average molecular weight is 187 g/mol. The molecule has 3 nitrogen and oxygen atoms in total. The van der Waals surface area contributed by atoms with Gasteiger partial charge in [-0.3, -0.25) is 0 Å². The Bertz CT molecular complexity index is 135. The van der Waals surface area contributed by atoms with Gasteiger partial charge in [-0.15, -0.1) is 0 Å². The van der Waals surface area contributed by atoms with E-state index in [4.69, 9.17) is 9.84 Å². The summed E-state index contributed by atoms with van der Waals surface area (Å²) in [5.74, 6) is 0.710. The smallest absolute Gasteiger partial charge is 0.0593 e. The highest BCUT2D eigenvalue weighted by Gasteiger charge is 2.27. The molecule has 1 fully saturated rings. The van der Waals surface area contributed by atoms with E-state index in [1.807, 2.05) is 6.92 Å². The summed E-state index contributed by atoms with van der Waals surface area (Å²) in [7, 11) is 2.11. The first-order chi connectivity index (χ1) is 6.22. The fourth-order valence-electron chi connectivity index (χ4n) is 1.75. The van der Waals surface area contributed by atoms with Crippen LogP contribution in [0, 0.1) is 5.92 Å². The predicted molar refractivity (Wildman–Crippen MR) is 52.7 cm³/mol. The molecule has 1 aliphatic carbocycles. The summed E-state index contributed by atoms with van der Waals surface area (Å²) in [6.07, 6.45) is 1.95. The Morgan fingerprint density at radius 1 is 1.46 bits per heavy atom. The van der Waals surface area contributed by atoms with Crippen LogP contribution in [-0.4, -0.2) is 49.5 Å². The van der Waals surface area contributed by atoms with Crippen molar-refractivity contribution in [2.45, 2.75) is 25.9 Å². The minimum absolute atomic E-state index is 0.0229.